The van der Waals surface area contributed by atoms with Gasteiger partial charge in [-0.05, 0) is 34.9 Å². The maximum atomic E-state index is 12.8. The normalized spacial score (nSPS) is 12.4. The third-order valence-corrected chi connectivity index (χ3v) is 4.49. The van der Waals surface area contributed by atoms with Crippen LogP contribution in [0.15, 0.2) is 78.9 Å². The molecule has 4 N–H and O–H groups in total. The minimum absolute atomic E-state index is 0.269. The van der Waals surface area contributed by atoms with Crippen LogP contribution in [0.3, 0.4) is 0 Å². The van der Waals surface area contributed by atoms with E-state index in [1.54, 1.807) is 24.3 Å². The van der Waals surface area contributed by atoms with Crippen LogP contribution in [0.5, 0.6) is 0 Å². The Kier molecular flexibility index (Phi) is 6.31. The van der Waals surface area contributed by atoms with Crippen molar-refractivity contribution in [1.29, 1.82) is 0 Å². The second kappa shape index (κ2) is 8.89. The summed E-state index contributed by atoms with van der Waals surface area (Å²) < 4.78 is 38.4. The van der Waals surface area contributed by atoms with Crippen molar-refractivity contribution in [3.05, 3.63) is 95.6 Å². The molecule has 0 unspecified atom stereocenters. The van der Waals surface area contributed by atoms with E-state index in [0.29, 0.717) is 16.7 Å². The third kappa shape index (κ3) is 5.01. The van der Waals surface area contributed by atoms with Crippen LogP contribution in [-0.2, 0) is 6.18 Å². The smallest absolute Gasteiger partial charge is 0.329 e. The zero-order valence-electron chi connectivity index (χ0n) is 15.4. The van der Waals surface area contributed by atoms with Crippen molar-refractivity contribution in [2.45, 2.75) is 12.2 Å². The molecule has 0 spiro atoms. The average molecular weight is 399 g/mol. The standard InChI is InChI=1S/C22H20F3N3O/c23-22(24,25)17-12-10-15(11-13-17)18-8-4-5-9-19(18)21(29)28-27-20(14-26)16-6-2-1-3-7-16/h1-13,20,27H,14,26H2,(H,28,29)/t20-/m1/s1. The fourth-order valence-electron chi connectivity index (χ4n) is 2.96. The molecule has 3 aromatic rings. The van der Waals surface area contributed by atoms with Crippen LogP contribution >= 0.6 is 0 Å². The Balaban J connectivity index is 1.78. The number of nitrogens with one attached hydrogen (secondary N) is 2. The minimum atomic E-state index is -4.41. The molecule has 1 amide bonds. The van der Waals surface area contributed by atoms with Crippen LogP contribution in [0.2, 0.25) is 0 Å². The maximum absolute atomic E-state index is 12.8. The van der Waals surface area contributed by atoms with E-state index in [1.165, 1.54) is 12.1 Å². The van der Waals surface area contributed by atoms with E-state index in [1.807, 2.05) is 30.3 Å². The molecule has 0 aliphatic heterocycles. The van der Waals surface area contributed by atoms with Gasteiger partial charge in [0.1, 0.15) is 0 Å². The molecule has 3 aromatic carbocycles. The van der Waals surface area contributed by atoms with Crippen LogP contribution in [0.25, 0.3) is 11.1 Å². The summed E-state index contributed by atoms with van der Waals surface area (Å²) in [6.07, 6.45) is -4.41. The first-order chi connectivity index (χ1) is 13.9. The molecular formula is C22H20F3N3O. The Labute approximate surface area is 166 Å². The van der Waals surface area contributed by atoms with Gasteiger partial charge in [0.2, 0.25) is 0 Å². The number of alkyl halides is 3. The molecule has 0 bridgehead atoms. The number of carbonyl (C=O) groups is 1. The van der Waals surface area contributed by atoms with Crippen LogP contribution in [0, 0.1) is 0 Å². The Morgan fingerprint density at radius 1 is 0.897 bits per heavy atom. The van der Waals surface area contributed by atoms with Gasteiger partial charge in [-0.2, -0.15) is 13.2 Å². The number of hydrazine groups is 1. The Bertz CT molecular complexity index is 957. The monoisotopic (exact) mass is 399 g/mol. The summed E-state index contributed by atoms with van der Waals surface area (Å²) in [6.45, 7) is 0.269. The summed E-state index contributed by atoms with van der Waals surface area (Å²) in [7, 11) is 0. The lowest BCUT2D eigenvalue weighted by atomic mass is 9.98. The van der Waals surface area contributed by atoms with Crippen molar-refractivity contribution in [2.75, 3.05) is 6.54 Å². The molecule has 0 aliphatic rings. The van der Waals surface area contributed by atoms with Gasteiger partial charge in [0.25, 0.3) is 5.91 Å². The first-order valence-electron chi connectivity index (χ1n) is 8.97. The highest BCUT2D eigenvalue weighted by Gasteiger charge is 2.30. The summed E-state index contributed by atoms with van der Waals surface area (Å²) in [5.74, 6) is -0.408. The zero-order valence-corrected chi connectivity index (χ0v) is 15.4. The number of halogens is 3. The molecule has 3 rings (SSSR count). The lowest BCUT2D eigenvalue weighted by molar-refractivity contribution is -0.137. The van der Waals surface area contributed by atoms with Crippen molar-refractivity contribution in [2.24, 2.45) is 5.73 Å². The van der Waals surface area contributed by atoms with Gasteiger partial charge in [0.05, 0.1) is 11.6 Å². The maximum Gasteiger partial charge on any atom is 0.416 e. The largest absolute Gasteiger partial charge is 0.416 e. The number of hydrogen-bond acceptors (Lipinski definition) is 3. The van der Waals surface area contributed by atoms with Gasteiger partial charge >= 0.3 is 6.18 Å². The summed E-state index contributed by atoms with van der Waals surface area (Å²) in [6, 6.07) is 20.6. The number of nitrogens with two attached hydrogens (primary N) is 1. The molecule has 0 aliphatic carbocycles. The first-order valence-corrected chi connectivity index (χ1v) is 8.97. The van der Waals surface area contributed by atoms with Gasteiger partial charge in [0, 0.05) is 12.1 Å². The SMILES string of the molecule is NC[C@@H](NNC(=O)c1ccccc1-c1ccc(C(F)(F)F)cc1)c1ccccc1. The molecule has 29 heavy (non-hydrogen) atoms. The van der Waals surface area contributed by atoms with Gasteiger partial charge in [-0.15, -0.1) is 0 Å². The van der Waals surface area contributed by atoms with Gasteiger partial charge in [0.15, 0.2) is 0 Å². The van der Waals surface area contributed by atoms with E-state index in [0.717, 1.165) is 17.7 Å². The summed E-state index contributed by atoms with van der Waals surface area (Å²) in [5, 5.41) is 0. The van der Waals surface area contributed by atoms with Gasteiger partial charge in [-0.25, -0.2) is 5.43 Å². The molecular weight excluding hydrogens is 379 g/mol. The molecule has 1 atom stereocenters. The molecule has 0 saturated carbocycles. The summed E-state index contributed by atoms with van der Waals surface area (Å²) >= 11 is 0. The average Bonchev–Trinajstić information content (AvgIpc) is 2.74. The second-order valence-corrected chi connectivity index (χ2v) is 6.42. The Hall–Kier alpha value is -3.16. The minimum Gasteiger partial charge on any atom is -0.329 e. The van der Waals surface area contributed by atoms with E-state index in [9.17, 15) is 18.0 Å². The molecule has 0 heterocycles. The Morgan fingerprint density at radius 3 is 2.14 bits per heavy atom. The van der Waals surface area contributed by atoms with Gasteiger partial charge < -0.3 is 5.73 Å². The van der Waals surface area contributed by atoms with Gasteiger partial charge in [-0.3, -0.25) is 10.2 Å². The molecule has 150 valence electrons. The van der Waals surface area contributed by atoms with Gasteiger partial charge in [-0.1, -0.05) is 60.7 Å². The van der Waals surface area contributed by atoms with Crippen molar-refractivity contribution in [3.63, 3.8) is 0 Å². The highest BCUT2D eigenvalue weighted by molar-refractivity contribution is 6.00. The molecule has 7 heteroatoms. The number of hydrogen-bond donors (Lipinski definition) is 3. The van der Waals surface area contributed by atoms with Crippen molar-refractivity contribution in [3.8, 4) is 11.1 Å². The quantitative estimate of drug-likeness (QED) is 0.541. The highest BCUT2D eigenvalue weighted by Crippen LogP contribution is 2.31. The third-order valence-electron chi connectivity index (χ3n) is 4.49. The fourth-order valence-corrected chi connectivity index (χ4v) is 2.96. The van der Waals surface area contributed by atoms with Crippen LogP contribution < -0.4 is 16.6 Å². The van der Waals surface area contributed by atoms with Crippen LogP contribution in [-0.4, -0.2) is 12.5 Å². The first kappa shape index (κ1) is 20.6. The molecule has 0 aromatic heterocycles. The van der Waals surface area contributed by atoms with Crippen LogP contribution in [0.1, 0.15) is 27.5 Å². The zero-order chi connectivity index (χ0) is 20.9. The second-order valence-electron chi connectivity index (χ2n) is 6.42. The number of amides is 1. The fraction of sp³-hybridized carbons (Fsp3) is 0.136. The molecule has 0 fully saturated rings. The molecule has 0 radical (unpaired) electrons. The van der Waals surface area contributed by atoms with Crippen LogP contribution in [0.4, 0.5) is 13.2 Å². The number of benzene rings is 3. The van der Waals surface area contributed by atoms with Crippen molar-refractivity contribution < 1.29 is 18.0 Å². The van der Waals surface area contributed by atoms with E-state index in [4.69, 9.17) is 5.73 Å². The van der Waals surface area contributed by atoms with E-state index in [2.05, 4.69) is 10.9 Å². The van der Waals surface area contributed by atoms with E-state index < -0.39 is 17.6 Å². The Morgan fingerprint density at radius 2 is 1.52 bits per heavy atom. The van der Waals surface area contributed by atoms with E-state index >= 15 is 0 Å². The van der Waals surface area contributed by atoms with E-state index in [-0.39, 0.29) is 12.6 Å². The molecule has 0 saturated heterocycles. The molecule has 4 nitrogen and oxygen atoms in total. The number of carbonyl (C=O) groups excluding carboxylic acids is 1. The topological polar surface area (TPSA) is 67.2 Å². The predicted octanol–water partition coefficient (Wildman–Crippen LogP) is 4.31. The number of rotatable bonds is 6. The van der Waals surface area contributed by atoms with Crippen molar-refractivity contribution in [1.82, 2.24) is 10.9 Å². The lowest BCUT2D eigenvalue weighted by Gasteiger charge is -2.19. The predicted molar refractivity (Wildman–Crippen MR) is 106 cm³/mol. The summed E-state index contributed by atoms with van der Waals surface area (Å²) in [5.41, 5.74) is 12.9. The highest BCUT2D eigenvalue weighted by atomic mass is 19.4. The van der Waals surface area contributed by atoms with Crippen molar-refractivity contribution >= 4 is 5.91 Å². The lowest BCUT2D eigenvalue weighted by Crippen LogP contribution is -2.42. The summed E-state index contributed by atoms with van der Waals surface area (Å²) in [4.78, 5) is 12.7.